The fourth-order valence-corrected chi connectivity index (χ4v) is 3.84. The maximum atomic E-state index is 4.20. The normalized spacial score (nSPS) is 23.1. The van der Waals surface area contributed by atoms with Gasteiger partial charge in [-0.1, -0.05) is 18.2 Å². The molecule has 20 heavy (non-hydrogen) atoms. The first-order valence-electron chi connectivity index (χ1n) is 7.44. The number of nitrogens with zero attached hydrogens (tertiary/aromatic N) is 1. The van der Waals surface area contributed by atoms with Crippen LogP contribution in [0.4, 0.5) is 0 Å². The van der Waals surface area contributed by atoms with E-state index in [1.165, 1.54) is 42.0 Å². The van der Waals surface area contributed by atoms with Crippen molar-refractivity contribution in [3.8, 4) is 0 Å². The van der Waals surface area contributed by atoms with E-state index in [9.17, 15) is 0 Å². The van der Waals surface area contributed by atoms with Crippen LogP contribution in [0.15, 0.2) is 36.7 Å². The zero-order valence-electron chi connectivity index (χ0n) is 12.0. The van der Waals surface area contributed by atoms with Crippen molar-refractivity contribution in [3.05, 3.63) is 42.2 Å². The van der Waals surface area contributed by atoms with Crippen LogP contribution in [0.1, 0.15) is 31.2 Å². The molecular formula is C17H22N2S. The van der Waals surface area contributed by atoms with Crippen LogP contribution in [-0.2, 0) is 6.54 Å². The van der Waals surface area contributed by atoms with E-state index in [-0.39, 0.29) is 0 Å². The highest BCUT2D eigenvalue weighted by molar-refractivity contribution is 7.99. The molecule has 0 unspecified atom stereocenters. The minimum absolute atomic E-state index is 0.690. The second-order valence-electron chi connectivity index (χ2n) is 5.60. The number of pyridine rings is 1. The smallest absolute Gasteiger partial charge is 0.0346 e. The third-order valence-electron chi connectivity index (χ3n) is 4.36. The van der Waals surface area contributed by atoms with Gasteiger partial charge < -0.3 is 5.32 Å². The summed E-state index contributed by atoms with van der Waals surface area (Å²) in [6.07, 6.45) is 11.4. The predicted molar refractivity (Wildman–Crippen MR) is 88.1 cm³/mol. The van der Waals surface area contributed by atoms with Crippen LogP contribution in [0, 0.1) is 0 Å². The lowest BCUT2D eigenvalue weighted by molar-refractivity contribution is 0.379. The largest absolute Gasteiger partial charge is 0.310 e. The van der Waals surface area contributed by atoms with Gasteiger partial charge >= 0.3 is 0 Å². The number of nitrogens with one attached hydrogen (secondary N) is 1. The highest BCUT2D eigenvalue weighted by atomic mass is 32.2. The Morgan fingerprint density at radius 2 is 2.05 bits per heavy atom. The summed E-state index contributed by atoms with van der Waals surface area (Å²) in [6.45, 7) is 0.968. The van der Waals surface area contributed by atoms with E-state index in [4.69, 9.17) is 0 Å². The van der Waals surface area contributed by atoms with E-state index < -0.39 is 0 Å². The lowest BCUT2D eigenvalue weighted by atomic mass is 9.94. The summed E-state index contributed by atoms with van der Waals surface area (Å²) in [7, 11) is 0. The van der Waals surface area contributed by atoms with Gasteiger partial charge in [-0.3, -0.25) is 4.98 Å². The zero-order valence-corrected chi connectivity index (χ0v) is 12.8. The Hall–Kier alpha value is -1.06. The quantitative estimate of drug-likeness (QED) is 0.919. The van der Waals surface area contributed by atoms with Gasteiger partial charge in [0.25, 0.3) is 0 Å². The molecule has 1 heterocycles. The lowest BCUT2D eigenvalue weighted by Crippen LogP contribution is -2.33. The minimum atomic E-state index is 0.690. The molecule has 3 heteroatoms. The first-order valence-corrected chi connectivity index (χ1v) is 8.73. The van der Waals surface area contributed by atoms with E-state index >= 15 is 0 Å². The second kappa shape index (κ2) is 6.59. The Balaban J connectivity index is 1.63. The Labute approximate surface area is 125 Å². The summed E-state index contributed by atoms with van der Waals surface area (Å²) in [5.41, 5.74) is 1.39. The van der Waals surface area contributed by atoms with Gasteiger partial charge in [0.2, 0.25) is 0 Å². The molecule has 106 valence electrons. The van der Waals surface area contributed by atoms with Crippen molar-refractivity contribution in [2.75, 3.05) is 6.26 Å². The topological polar surface area (TPSA) is 24.9 Å². The standard InChI is InChI=1S/C17H22N2S/c1-20-16-7-5-15(6-8-16)19-12-14-4-2-3-13-11-18-10-9-17(13)14/h2-4,9-11,15-16,19H,5-8,12H2,1H3. The van der Waals surface area contributed by atoms with Gasteiger partial charge in [-0.15, -0.1) is 0 Å². The Bertz CT molecular complexity index is 556. The van der Waals surface area contributed by atoms with Crippen molar-refractivity contribution < 1.29 is 0 Å². The van der Waals surface area contributed by atoms with Crippen molar-refractivity contribution in [2.45, 2.75) is 43.5 Å². The average molecular weight is 286 g/mol. The Morgan fingerprint density at radius 1 is 1.20 bits per heavy atom. The van der Waals surface area contributed by atoms with E-state index in [0.717, 1.165) is 11.8 Å². The fraction of sp³-hybridized carbons (Fsp3) is 0.471. The zero-order chi connectivity index (χ0) is 13.8. The van der Waals surface area contributed by atoms with Crippen molar-refractivity contribution in [3.63, 3.8) is 0 Å². The van der Waals surface area contributed by atoms with Crippen LogP contribution in [0.5, 0.6) is 0 Å². The molecule has 1 fully saturated rings. The first-order chi connectivity index (χ1) is 9.86. The van der Waals surface area contributed by atoms with Crippen molar-refractivity contribution >= 4 is 22.5 Å². The van der Waals surface area contributed by atoms with Gasteiger partial charge in [-0.25, -0.2) is 0 Å². The van der Waals surface area contributed by atoms with Crippen LogP contribution < -0.4 is 5.32 Å². The van der Waals surface area contributed by atoms with Gasteiger partial charge in [0, 0.05) is 35.6 Å². The molecule has 0 radical (unpaired) electrons. The van der Waals surface area contributed by atoms with Crippen molar-refractivity contribution in [2.24, 2.45) is 0 Å². The molecule has 0 atom stereocenters. The highest BCUT2D eigenvalue weighted by Gasteiger charge is 2.19. The summed E-state index contributed by atoms with van der Waals surface area (Å²) >= 11 is 2.03. The number of hydrogen-bond donors (Lipinski definition) is 1. The number of thioether (sulfide) groups is 1. The van der Waals surface area contributed by atoms with E-state index in [2.05, 4.69) is 40.8 Å². The molecule has 1 N–H and O–H groups in total. The fourth-order valence-electron chi connectivity index (χ4n) is 3.10. The molecule has 1 saturated carbocycles. The SMILES string of the molecule is CSC1CCC(NCc2cccc3cnccc23)CC1. The Morgan fingerprint density at radius 3 is 2.85 bits per heavy atom. The minimum Gasteiger partial charge on any atom is -0.310 e. The molecule has 1 aliphatic carbocycles. The predicted octanol–water partition coefficient (Wildman–Crippen LogP) is 4.00. The van der Waals surface area contributed by atoms with Crippen LogP contribution >= 0.6 is 11.8 Å². The molecule has 2 nitrogen and oxygen atoms in total. The van der Waals surface area contributed by atoms with Crippen LogP contribution in [0.2, 0.25) is 0 Å². The van der Waals surface area contributed by atoms with Crippen molar-refractivity contribution in [1.82, 2.24) is 10.3 Å². The molecule has 0 bridgehead atoms. The van der Waals surface area contributed by atoms with E-state index in [0.29, 0.717) is 6.04 Å². The van der Waals surface area contributed by atoms with E-state index in [1.54, 1.807) is 0 Å². The molecule has 3 rings (SSSR count). The molecule has 1 aromatic heterocycles. The van der Waals surface area contributed by atoms with E-state index in [1.807, 2.05) is 24.2 Å². The first kappa shape index (κ1) is 13.9. The Kier molecular flexibility index (Phi) is 4.58. The molecule has 0 saturated heterocycles. The maximum absolute atomic E-state index is 4.20. The van der Waals surface area contributed by atoms with Gasteiger partial charge in [-0.2, -0.15) is 11.8 Å². The van der Waals surface area contributed by atoms with Crippen LogP contribution in [-0.4, -0.2) is 22.5 Å². The molecule has 0 amide bonds. The molecule has 0 aliphatic heterocycles. The molecule has 0 spiro atoms. The summed E-state index contributed by atoms with van der Waals surface area (Å²) in [6, 6.07) is 9.30. The summed E-state index contributed by atoms with van der Waals surface area (Å²) in [4.78, 5) is 4.20. The number of benzene rings is 1. The van der Waals surface area contributed by atoms with Gasteiger partial charge in [-0.05, 0) is 49.0 Å². The monoisotopic (exact) mass is 286 g/mol. The molecule has 2 aromatic rings. The van der Waals surface area contributed by atoms with Gasteiger partial charge in [0.1, 0.15) is 0 Å². The maximum Gasteiger partial charge on any atom is 0.0346 e. The number of aromatic nitrogens is 1. The van der Waals surface area contributed by atoms with Gasteiger partial charge in [0.15, 0.2) is 0 Å². The molecule has 1 aliphatic rings. The molecule has 1 aromatic carbocycles. The number of fused-ring (bicyclic) bond motifs is 1. The van der Waals surface area contributed by atoms with Crippen LogP contribution in [0.3, 0.4) is 0 Å². The second-order valence-corrected chi connectivity index (χ2v) is 6.74. The van der Waals surface area contributed by atoms with Crippen molar-refractivity contribution in [1.29, 1.82) is 0 Å². The lowest BCUT2D eigenvalue weighted by Gasteiger charge is -2.28. The van der Waals surface area contributed by atoms with Gasteiger partial charge in [0.05, 0.1) is 0 Å². The third-order valence-corrected chi connectivity index (χ3v) is 5.50. The number of hydrogen-bond acceptors (Lipinski definition) is 3. The summed E-state index contributed by atoms with van der Waals surface area (Å²) < 4.78 is 0. The third kappa shape index (κ3) is 3.15. The van der Waals surface area contributed by atoms with Crippen LogP contribution in [0.25, 0.3) is 10.8 Å². The summed E-state index contributed by atoms with van der Waals surface area (Å²) in [5.74, 6) is 0. The highest BCUT2D eigenvalue weighted by Crippen LogP contribution is 2.27. The number of rotatable bonds is 4. The summed E-state index contributed by atoms with van der Waals surface area (Å²) in [5, 5.41) is 7.19. The molecular weight excluding hydrogens is 264 g/mol. The average Bonchev–Trinajstić information content (AvgIpc) is 2.53.